The van der Waals surface area contributed by atoms with Crippen molar-refractivity contribution in [1.29, 1.82) is 0 Å². The molecule has 0 radical (unpaired) electrons. The number of rotatable bonds is 12. The molecule has 1 aromatic rings. The predicted molar refractivity (Wildman–Crippen MR) is 303 cm³/mol. The fraction of sp³-hybridized carbons (Fsp3) is 0.896. The van der Waals surface area contributed by atoms with Crippen molar-refractivity contribution in [2.45, 2.75) is 246 Å². The van der Waals surface area contributed by atoms with Crippen LogP contribution in [0.25, 0.3) is 0 Å². The van der Waals surface area contributed by atoms with E-state index < -0.39 is 11.2 Å². The van der Waals surface area contributed by atoms with E-state index in [2.05, 4.69) is 55.4 Å². The van der Waals surface area contributed by atoms with Gasteiger partial charge in [-0.2, -0.15) is 0 Å². The zero-order valence-corrected chi connectivity index (χ0v) is 50.3. The van der Waals surface area contributed by atoms with E-state index in [1.54, 1.807) is 0 Å². The van der Waals surface area contributed by atoms with Crippen LogP contribution in [0.4, 0.5) is 0 Å². The maximum atomic E-state index is 13.1. The molecule has 10 aliphatic rings. The zero-order chi connectivity index (χ0) is 52.3. The van der Waals surface area contributed by atoms with E-state index in [9.17, 15) is 20.1 Å². The Labute approximate surface area is 480 Å². The third-order valence-electron chi connectivity index (χ3n) is 26.1. The van der Waals surface area contributed by atoms with Gasteiger partial charge >= 0.3 is 24.8 Å². The standard InChI is InChI=1S/C37H56O4.C30H52O3.Li.2H2O/c1-25(10-15-33(26-17-22-40-23-18-26)41-34(38)27-8-6-5-7-9-27)30-13-14-31-29-12-11-28-24-35(2,39)20-21-36(28,3)32(29)16-19-37(30,31)4;1-20(5-10-27(31)21-12-17-33-18-13-21)24-8-9-25-23-7-6-22-19-28(2,32)15-16-29(22,3)26(23)11-14-30(24,25)4;;;/h5-9,25-26,28-33,39H,10-24H2,1-4H3;20-27,31-32H,5-19H2,1-4H3;;2*1H2/q;;+1;;/p-1/t25-,28+,29+,30-,31+,32+,33-,35+,36+,37-;20-,22+,23+,24-,25+,26+,27-,28+,29+,30-;;;/m11.../s1. The second kappa shape index (κ2) is 25.5. The summed E-state index contributed by atoms with van der Waals surface area (Å²) in [5.74, 6) is 10.4. The first-order valence-corrected chi connectivity index (χ1v) is 31.8. The molecule has 0 spiro atoms. The molecule has 11 rings (SSSR count). The number of hydrogen-bond acceptors (Lipinski definition) is 8. The number of aliphatic hydroxyl groups excluding tert-OH is 1. The Morgan fingerprint density at radius 2 is 0.974 bits per heavy atom. The van der Waals surface area contributed by atoms with E-state index in [1.165, 1.54) is 96.3 Å². The summed E-state index contributed by atoms with van der Waals surface area (Å²) in [6.45, 7) is 22.9. The quantitative estimate of drug-likeness (QED) is 0.137. The molecule has 1 aromatic carbocycles. The van der Waals surface area contributed by atoms with E-state index in [0.29, 0.717) is 50.9 Å². The molecule has 9 nitrogen and oxygen atoms in total. The Kier molecular flexibility index (Phi) is 21.0. The molecule has 434 valence electrons. The van der Waals surface area contributed by atoms with Crippen LogP contribution in [-0.2, 0) is 14.2 Å². The van der Waals surface area contributed by atoms with Crippen LogP contribution >= 0.6 is 0 Å². The van der Waals surface area contributed by atoms with Gasteiger partial charge in [0.05, 0.1) is 22.9 Å². The first-order chi connectivity index (χ1) is 35.2. The summed E-state index contributed by atoms with van der Waals surface area (Å²) in [5.41, 5.74) is 1.62. The summed E-state index contributed by atoms with van der Waals surface area (Å²) in [4.78, 5) is 13.1. The Balaban J connectivity index is 0.000000220. The van der Waals surface area contributed by atoms with Gasteiger partial charge in [-0.15, -0.1) is 0 Å². The van der Waals surface area contributed by atoms with Crippen molar-refractivity contribution in [2.24, 2.45) is 105 Å². The molecule has 0 amide bonds. The molecule has 20 atom stereocenters. The van der Waals surface area contributed by atoms with Gasteiger partial charge in [0.1, 0.15) is 6.10 Å². The maximum Gasteiger partial charge on any atom is 1.00 e. The summed E-state index contributed by atoms with van der Waals surface area (Å²) in [7, 11) is 0. The zero-order valence-electron chi connectivity index (χ0n) is 50.3. The molecule has 2 heterocycles. The monoisotopic (exact) mass is 1070 g/mol. The number of aliphatic hydroxyl groups is 3. The molecule has 0 aromatic heterocycles. The summed E-state index contributed by atoms with van der Waals surface area (Å²) in [5, 5.41) is 32.4. The Morgan fingerprint density at radius 1 is 0.545 bits per heavy atom. The molecule has 6 N–H and O–H groups in total. The first kappa shape index (κ1) is 63.6. The number of hydrogen-bond donors (Lipinski definition) is 3. The topological polar surface area (TPSA) is 167 Å². The number of carbonyl (C=O) groups excluding carboxylic acids is 1. The summed E-state index contributed by atoms with van der Waals surface area (Å²) in [6.07, 6.45) is 31.3. The van der Waals surface area contributed by atoms with Gasteiger partial charge in [0, 0.05) is 32.3 Å². The average Bonchev–Trinajstić information content (AvgIpc) is 3.96. The van der Waals surface area contributed by atoms with Gasteiger partial charge in [-0.25, -0.2) is 4.79 Å². The van der Waals surface area contributed by atoms with Gasteiger partial charge in [0.15, 0.2) is 0 Å². The van der Waals surface area contributed by atoms with Crippen molar-refractivity contribution in [3.05, 3.63) is 35.9 Å². The minimum absolute atomic E-state index is 0. The number of esters is 1. The van der Waals surface area contributed by atoms with Gasteiger partial charge < -0.3 is 40.5 Å². The van der Waals surface area contributed by atoms with Gasteiger partial charge in [-0.1, -0.05) is 59.7 Å². The molecule has 77 heavy (non-hydrogen) atoms. The Bertz CT molecular complexity index is 2020. The first-order valence-electron chi connectivity index (χ1n) is 31.8. The van der Waals surface area contributed by atoms with Crippen LogP contribution in [0.2, 0.25) is 0 Å². The summed E-state index contributed by atoms with van der Waals surface area (Å²) in [6, 6.07) is 9.51. The van der Waals surface area contributed by atoms with E-state index in [-0.39, 0.29) is 48.0 Å². The van der Waals surface area contributed by atoms with Crippen LogP contribution in [-0.4, -0.2) is 82.1 Å². The Hall–Kier alpha value is -0.993. The van der Waals surface area contributed by atoms with Crippen LogP contribution < -0.4 is 18.9 Å². The number of carbonyl (C=O) groups is 1. The predicted octanol–water partition coefficient (Wildman–Crippen LogP) is 11.1. The Morgan fingerprint density at radius 3 is 1.44 bits per heavy atom. The fourth-order valence-corrected chi connectivity index (χ4v) is 21.7. The van der Waals surface area contributed by atoms with E-state index in [0.717, 1.165) is 156 Å². The molecular weight excluding hydrogens is 956 g/mol. The van der Waals surface area contributed by atoms with E-state index in [4.69, 9.17) is 14.2 Å². The maximum absolute atomic E-state index is 13.1. The minimum Gasteiger partial charge on any atom is -0.870 e. The third-order valence-corrected chi connectivity index (χ3v) is 26.1. The molecule has 8 saturated carbocycles. The molecule has 10 heteroatoms. The average molecular weight is 1070 g/mol. The van der Waals surface area contributed by atoms with Gasteiger partial charge in [-0.05, 0) is 292 Å². The number of ether oxygens (including phenoxy) is 3. The van der Waals surface area contributed by atoms with Gasteiger partial charge in [0.25, 0.3) is 0 Å². The fourth-order valence-electron chi connectivity index (χ4n) is 21.7. The van der Waals surface area contributed by atoms with Crippen molar-refractivity contribution < 1.29 is 64.1 Å². The molecule has 10 fully saturated rings. The smallest absolute Gasteiger partial charge is 0.870 e. The number of fused-ring (bicyclic) bond motifs is 10. The summed E-state index contributed by atoms with van der Waals surface area (Å²) >= 11 is 0. The van der Waals surface area contributed by atoms with Crippen LogP contribution in [0.15, 0.2) is 30.3 Å². The van der Waals surface area contributed by atoms with E-state index in [1.807, 2.05) is 30.3 Å². The van der Waals surface area contributed by atoms with Crippen LogP contribution in [0.5, 0.6) is 0 Å². The second-order valence-electron chi connectivity index (χ2n) is 30.1. The van der Waals surface area contributed by atoms with Crippen molar-refractivity contribution in [2.75, 3.05) is 26.4 Å². The normalized spacial score (nSPS) is 44.1. The van der Waals surface area contributed by atoms with Crippen LogP contribution in [0.3, 0.4) is 0 Å². The minimum atomic E-state index is -0.452. The van der Waals surface area contributed by atoms with Crippen molar-refractivity contribution in [3.8, 4) is 0 Å². The van der Waals surface area contributed by atoms with Gasteiger partial charge in [-0.3, -0.25) is 0 Å². The molecular formula is C67H111LiO9. The van der Waals surface area contributed by atoms with Crippen LogP contribution in [0, 0.1) is 105 Å². The van der Waals surface area contributed by atoms with E-state index >= 15 is 0 Å². The largest absolute Gasteiger partial charge is 1.00 e. The SMILES string of the molecule is C[C@H](CC[C@@H](O)C1CCOCC1)[C@H]1CC[C@H]2[C@@H]3CC[C@H]4C[C@@](C)(O)CC[C@]4(C)[C@H]3CC[C@]12C.C[C@H](CC[C@@H](OC(=O)c1ccccc1)C1CCOCC1)[C@H]1CC[C@H]2[C@@H]3CC[C@H]4C[C@@](C)(O)CC[C@]4(C)[C@H]3CC[C@]12C.O.[Li+].[OH-]. The molecule has 8 aliphatic carbocycles. The molecule has 2 aliphatic heterocycles. The van der Waals surface area contributed by atoms with Crippen molar-refractivity contribution in [3.63, 3.8) is 0 Å². The molecule has 0 bridgehead atoms. The van der Waals surface area contributed by atoms with Crippen molar-refractivity contribution >= 4 is 5.97 Å². The number of benzene rings is 1. The summed E-state index contributed by atoms with van der Waals surface area (Å²) < 4.78 is 17.4. The second-order valence-corrected chi connectivity index (χ2v) is 30.1. The third kappa shape index (κ3) is 12.8. The van der Waals surface area contributed by atoms with Crippen molar-refractivity contribution in [1.82, 2.24) is 0 Å². The molecule has 2 saturated heterocycles. The van der Waals surface area contributed by atoms with Gasteiger partial charge in [0.2, 0.25) is 0 Å². The van der Waals surface area contributed by atoms with Crippen LogP contribution in [0.1, 0.15) is 233 Å². The molecule has 0 unspecified atom stereocenters.